The third-order valence-electron chi connectivity index (χ3n) is 6.62. The van der Waals surface area contributed by atoms with Gasteiger partial charge < -0.3 is 14.1 Å². The standard InChI is InChI=1S/C24H27N3O4/c1-15(23(28)27-12-9-16(10-13-27)21-8-11-25-26-21)30-17-6-7-19-18-4-2-3-5-20(18)24(29)31-22(19)14-17/h6-8,11,14-16H,2-5,9-10,12-13H2,1H3,(H,25,26). The van der Waals surface area contributed by atoms with E-state index in [4.69, 9.17) is 9.15 Å². The number of hydrogen-bond donors (Lipinski definition) is 1. The van der Waals surface area contributed by atoms with E-state index >= 15 is 0 Å². The first-order chi connectivity index (χ1) is 15.1. The van der Waals surface area contributed by atoms with Gasteiger partial charge in [-0.05, 0) is 69.2 Å². The Balaban J connectivity index is 1.27. The third-order valence-corrected chi connectivity index (χ3v) is 6.62. The zero-order valence-corrected chi connectivity index (χ0v) is 17.7. The van der Waals surface area contributed by atoms with Gasteiger partial charge in [0.15, 0.2) is 6.10 Å². The summed E-state index contributed by atoms with van der Waals surface area (Å²) in [6.07, 6.45) is 6.79. The molecule has 2 aliphatic rings. The van der Waals surface area contributed by atoms with Crippen molar-refractivity contribution in [1.82, 2.24) is 15.1 Å². The monoisotopic (exact) mass is 421 g/mol. The maximum absolute atomic E-state index is 12.9. The minimum Gasteiger partial charge on any atom is -0.481 e. The fourth-order valence-electron chi connectivity index (χ4n) is 4.92. The van der Waals surface area contributed by atoms with E-state index in [2.05, 4.69) is 10.2 Å². The minimum atomic E-state index is -0.606. The van der Waals surface area contributed by atoms with E-state index in [1.807, 2.05) is 23.1 Å². The lowest BCUT2D eigenvalue weighted by Crippen LogP contribution is -2.44. The van der Waals surface area contributed by atoms with Crippen LogP contribution in [0.3, 0.4) is 0 Å². The van der Waals surface area contributed by atoms with Crippen LogP contribution in [-0.2, 0) is 17.6 Å². The van der Waals surface area contributed by atoms with Crippen molar-refractivity contribution >= 4 is 16.9 Å². The van der Waals surface area contributed by atoms with Gasteiger partial charge in [0.1, 0.15) is 11.3 Å². The van der Waals surface area contributed by atoms with Gasteiger partial charge in [-0.3, -0.25) is 9.89 Å². The van der Waals surface area contributed by atoms with Crippen molar-refractivity contribution in [3.05, 3.63) is 57.7 Å². The number of H-pyrrole nitrogens is 1. The first-order valence-electron chi connectivity index (χ1n) is 11.1. The molecule has 31 heavy (non-hydrogen) atoms. The number of piperidine rings is 1. The Hall–Kier alpha value is -3.09. The van der Waals surface area contributed by atoms with Crippen molar-refractivity contribution in [2.75, 3.05) is 13.1 Å². The number of hydrogen-bond acceptors (Lipinski definition) is 5. The number of ether oxygens (including phenoxy) is 1. The number of aromatic nitrogens is 2. The molecular formula is C24H27N3O4. The molecule has 1 fully saturated rings. The minimum absolute atomic E-state index is 0.0185. The molecule has 1 unspecified atom stereocenters. The van der Waals surface area contributed by atoms with Crippen molar-refractivity contribution in [3.8, 4) is 5.75 Å². The summed E-state index contributed by atoms with van der Waals surface area (Å²) < 4.78 is 11.5. The summed E-state index contributed by atoms with van der Waals surface area (Å²) in [5.74, 6) is 0.937. The van der Waals surface area contributed by atoms with E-state index in [1.54, 1.807) is 19.2 Å². The molecule has 1 aromatic carbocycles. The number of nitrogens with one attached hydrogen (secondary N) is 1. The highest BCUT2D eigenvalue weighted by Gasteiger charge is 2.28. The summed E-state index contributed by atoms with van der Waals surface area (Å²) in [7, 11) is 0. The number of nitrogens with zero attached hydrogens (tertiary/aromatic N) is 2. The van der Waals surface area contributed by atoms with Gasteiger partial charge in [-0.1, -0.05) is 0 Å². The van der Waals surface area contributed by atoms with Crippen LogP contribution in [0.2, 0.25) is 0 Å². The Morgan fingerprint density at radius 3 is 2.71 bits per heavy atom. The van der Waals surface area contributed by atoms with Crippen molar-refractivity contribution < 1.29 is 13.9 Å². The zero-order valence-electron chi connectivity index (χ0n) is 17.7. The van der Waals surface area contributed by atoms with Crippen LogP contribution < -0.4 is 10.4 Å². The van der Waals surface area contributed by atoms with Gasteiger partial charge in [0.2, 0.25) is 0 Å². The molecule has 7 heteroatoms. The van der Waals surface area contributed by atoms with Crippen LogP contribution in [0.5, 0.6) is 5.75 Å². The molecule has 0 bridgehead atoms. The number of benzene rings is 1. The molecule has 0 saturated carbocycles. The molecule has 1 amide bonds. The number of rotatable bonds is 4. The Kier molecular flexibility index (Phi) is 5.26. The second kappa shape index (κ2) is 8.21. The van der Waals surface area contributed by atoms with Crippen molar-refractivity contribution in [1.29, 1.82) is 0 Å². The molecule has 0 spiro atoms. The van der Waals surface area contributed by atoms with Crippen LogP contribution in [0.1, 0.15) is 55.3 Å². The first kappa shape index (κ1) is 19.8. The van der Waals surface area contributed by atoms with Gasteiger partial charge in [-0.2, -0.15) is 5.10 Å². The van der Waals surface area contributed by atoms with Crippen LogP contribution in [0.25, 0.3) is 11.0 Å². The molecule has 1 aliphatic heterocycles. The maximum atomic E-state index is 12.9. The van der Waals surface area contributed by atoms with E-state index in [0.717, 1.165) is 60.7 Å². The van der Waals surface area contributed by atoms with Crippen LogP contribution in [0.15, 0.2) is 39.7 Å². The molecule has 7 nitrogen and oxygen atoms in total. The van der Waals surface area contributed by atoms with Gasteiger partial charge in [0.05, 0.1) is 0 Å². The summed E-state index contributed by atoms with van der Waals surface area (Å²) in [5.41, 5.74) is 3.34. The fraction of sp³-hybridized carbons (Fsp3) is 0.458. The SMILES string of the molecule is CC(Oc1ccc2c3c(c(=O)oc2c1)CCCC3)C(=O)N1CCC(c2ccn[nH]2)CC1. The number of amides is 1. The third kappa shape index (κ3) is 3.84. The Morgan fingerprint density at radius 1 is 1.19 bits per heavy atom. The van der Waals surface area contributed by atoms with Gasteiger partial charge in [0, 0.05) is 47.9 Å². The number of carbonyl (C=O) groups is 1. The number of fused-ring (bicyclic) bond motifs is 3. The number of carbonyl (C=O) groups excluding carboxylic acids is 1. The summed E-state index contributed by atoms with van der Waals surface area (Å²) >= 11 is 0. The Labute approximate surface area is 180 Å². The summed E-state index contributed by atoms with van der Waals surface area (Å²) in [6, 6.07) is 7.55. The molecule has 3 aromatic rings. The largest absolute Gasteiger partial charge is 0.481 e. The van der Waals surface area contributed by atoms with Crippen molar-refractivity contribution in [2.24, 2.45) is 0 Å². The quantitative estimate of drug-likeness (QED) is 0.651. The Bertz CT molecular complexity index is 1140. The molecular weight excluding hydrogens is 394 g/mol. The maximum Gasteiger partial charge on any atom is 0.339 e. The van der Waals surface area contributed by atoms with Gasteiger partial charge in [-0.25, -0.2) is 4.79 Å². The van der Waals surface area contributed by atoms with Gasteiger partial charge in [-0.15, -0.1) is 0 Å². The van der Waals surface area contributed by atoms with E-state index in [9.17, 15) is 9.59 Å². The highest BCUT2D eigenvalue weighted by molar-refractivity contribution is 5.84. The normalized spacial score (nSPS) is 18.0. The first-order valence-corrected chi connectivity index (χ1v) is 11.1. The Morgan fingerprint density at radius 2 is 1.97 bits per heavy atom. The van der Waals surface area contributed by atoms with Crippen LogP contribution in [0, 0.1) is 0 Å². The summed E-state index contributed by atoms with van der Waals surface area (Å²) in [5, 5.41) is 8.03. The number of aryl methyl sites for hydroxylation is 1. The van der Waals surface area contributed by atoms with E-state index in [0.29, 0.717) is 30.3 Å². The highest BCUT2D eigenvalue weighted by atomic mass is 16.5. The van der Waals surface area contributed by atoms with Crippen LogP contribution >= 0.6 is 0 Å². The van der Waals surface area contributed by atoms with E-state index in [-0.39, 0.29) is 11.5 Å². The highest BCUT2D eigenvalue weighted by Crippen LogP contribution is 2.30. The zero-order chi connectivity index (χ0) is 21.4. The summed E-state index contributed by atoms with van der Waals surface area (Å²) in [4.78, 5) is 27.1. The summed E-state index contributed by atoms with van der Waals surface area (Å²) in [6.45, 7) is 3.18. The molecule has 1 saturated heterocycles. The molecule has 1 aliphatic carbocycles. The lowest BCUT2D eigenvalue weighted by Gasteiger charge is -2.33. The number of likely N-dealkylation sites (tertiary alicyclic amines) is 1. The molecule has 1 N–H and O–H groups in total. The fourth-order valence-corrected chi connectivity index (χ4v) is 4.92. The van der Waals surface area contributed by atoms with Crippen molar-refractivity contribution in [2.45, 2.75) is 57.5 Å². The molecule has 162 valence electrons. The van der Waals surface area contributed by atoms with E-state index < -0.39 is 6.10 Å². The lowest BCUT2D eigenvalue weighted by atomic mass is 9.91. The smallest absolute Gasteiger partial charge is 0.339 e. The molecule has 0 radical (unpaired) electrons. The average Bonchev–Trinajstić information content (AvgIpc) is 3.34. The predicted octanol–water partition coefficient (Wildman–Crippen LogP) is 3.57. The molecule has 3 heterocycles. The average molecular weight is 421 g/mol. The van der Waals surface area contributed by atoms with Crippen LogP contribution in [-0.4, -0.2) is 40.2 Å². The molecule has 2 aromatic heterocycles. The predicted molar refractivity (Wildman–Crippen MR) is 116 cm³/mol. The molecule has 1 atom stereocenters. The van der Waals surface area contributed by atoms with E-state index in [1.165, 1.54) is 0 Å². The van der Waals surface area contributed by atoms with Gasteiger partial charge >= 0.3 is 5.63 Å². The number of aromatic amines is 1. The second-order valence-electron chi connectivity index (χ2n) is 8.58. The van der Waals surface area contributed by atoms with Crippen LogP contribution in [0.4, 0.5) is 0 Å². The lowest BCUT2D eigenvalue weighted by molar-refractivity contribution is -0.139. The van der Waals surface area contributed by atoms with Crippen molar-refractivity contribution in [3.63, 3.8) is 0 Å². The van der Waals surface area contributed by atoms with Gasteiger partial charge in [0.25, 0.3) is 5.91 Å². The topological polar surface area (TPSA) is 88.4 Å². The second-order valence-corrected chi connectivity index (χ2v) is 8.58. The molecule has 5 rings (SSSR count).